The highest BCUT2D eigenvalue weighted by atomic mass is 16.5. The predicted molar refractivity (Wildman–Crippen MR) is 75.2 cm³/mol. The lowest BCUT2D eigenvalue weighted by atomic mass is 9.97. The van der Waals surface area contributed by atoms with E-state index in [1.807, 2.05) is 19.1 Å². The molecule has 2 N–H and O–H groups in total. The number of rotatable bonds is 4. The van der Waals surface area contributed by atoms with Crippen molar-refractivity contribution in [1.29, 1.82) is 0 Å². The normalized spacial score (nSPS) is 16.1. The minimum atomic E-state index is 0.160. The van der Waals surface area contributed by atoms with Crippen molar-refractivity contribution in [3.63, 3.8) is 0 Å². The molecule has 1 heterocycles. The van der Waals surface area contributed by atoms with Crippen molar-refractivity contribution < 1.29 is 9.53 Å². The molecule has 19 heavy (non-hydrogen) atoms. The number of benzene rings is 1. The highest BCUT2D eigenvalue weighted by Gasteiger charge is 2.20. The molecule has 4 heteroatoms. The lowest BCUT2D eigenvalue weighted by Gasteiger charge is -2.21. The SMILES string of the molecule is COc1cc(C)cc(CNC(=O)C2CCNCC2)c1. The molecule has 1 fully saturated rings. The standard InChI is InChI=1S/C15H22N2O2/c1-11-7-12(9-14(8-11)19-2)10-17-15(18)13-3-5-16-6-4-13/h7-9,13,16H,3-6,10H2,1-2H3,(H,17,18). The number of nitrogens with one attached hydrogen (secondary N) is 2. The molecular weight excluding hydrogens is 240 g/mol. The topological polar surface area (TPSA) is 50.4 Å². The Morgan fingerprint density at radius 3 is 2.79 bits per heavy atom. The summed E-state index contributed by atoms with van der Waals surface area (Å²) in [4.78, 5) is 12.0. The first kappa shape index (κ1) is 13.9. The third-order valence-corrected chi connectivity index (χ3v) is 3.52. The fraction of sp³-hybridized carbons (Fsp3) is 0.533. The molecule has 0 atom stereocenters. The molecule has 1 saturated heterocycles. The van der Waals surface area contributed by atoms with Crippen molar-refractivity contribution in [2.45, 2.75) is 26.3 Å². The third-order valence-electron chi connectivity index (χ3n) is 3.52. The zero-order valence-electron chi connectivity index (χ0n) is 11.7. The van der Waals surface area contributed by atoms with Gasteiger partial charge >= 0.3 is 0 Å². The summed E-state index contributed by atoms with van der Waals surface area (Å²) >= 11 is 0. The largest absolute Gasteiger partial charge is 0.497 e. The first-order valence-corrected chi connectivity index (χ1v) is 6.82. The van der Waals surface area contributed by atoms with Gasteiger partial charge in [0.05, 0.1) is 7.11 Å². The lowest BCUT2D eigenvalue weighted by Crippen LogP contribution is -2.37. The molecule has 1 amide bonds. The zero-order valence-corrected chi connectivity index (χ0v) is 11.7. The smallest absolute Gasteiger partial charge is 0.223 e. The van der Waals surface area contributed by atoms with Crippen LogP contribution in [0.2, 0.25) is 0 Å². The maximum absolute atomic E-state index is 12.0. The number of hydrogen-bond acceptors (Lipinski definition) is 3. The Morgan fingerprint density at radius 1 is 1.37 bits per heavy atom. The van der Waals surface area contributed by atoms with Gasteiger partial charge in [-0.3, -0.25) is 4.79 Å². The number of aryl methyl sites for hydroxylation is 1. The van der Waals surface area contributed by atoms with Gasteiger partial charge in [0.25, 0.3) is 0 Å². The van der Waals surface area contributed by atoms with Gasteiger partial charge in [-0.1, -0.05) is 6.07 Å². The Kier molecular flexibility index (Phi) is 4.80. The summed E-state index contributed by atoms with van der Waals surface area (Å²) in [5.41, 5.74) is 2.23. The molecule has 1 aliphatic rings. The van der Waals surface area contributed by atoms with Crippen LogP contribution < -0.4 is 15.4 Å². The first-order chi connectivity index (χ1) is 9.19. The maximum Gasteiger partial charge on any atom is 0.223 e. The van der Waals surface area contributed by atoms with Crippen LogP contribution in [0.25, 0.3) is 0 Å². The van der Waals surface area contributed by atoms with Crippen molar-refractivity contribution in [3.8, 4) is 5.75 Å². The van der Waals surface area contributed by atoms with E-state index in [-0.39, 0.29) is 11.8 Å². The Bertz CT molecular complexity index is 440. The highest BCUT2D eigenvalue weighted by Crippen LogP contribution is 2.17. The first-order valence-electron chi connectivity index (χ1n) is 6.82. The van der Waals surface area contributed by atoms with E-state index in [2.05, 4.69) is 16.7 Å². The minimum absolute atomic E-state index is 0.160. The van der Waals surface area contributed by atoms with E-state index < -0.39 is 0 Å². The molecule has 0 saturated carbocycles. The molecule has 1 aromatic carbocycles. The van der Waals surface area contributed by atoms with Crippen LogP contribution in [0.5, 0.6) is 5.75 Å². The van der Waals surface area contributed by atoms with E-state index in [4.69, 9.17) is 4.74 Å². The second-order valence-electron chi connectivity index (χ2n) is 5.10. The summed E-state index contributed by atoms with van der Waals surface area (Å²) in [5.74, 6) is 1.17. The maximum atomic E-state index is 12.0. The molecule has 1 aromatic rings. The van der Waals surface area contributed by atoms with E-state index in [0.29, 0.717) is 6.54 Å². The number of methoxy groups -OCH3 is 1. The van der Waals surface area contributed by atoms with Crippen LogP contribution in [0.15, 0.2) is 18.2 Å². The number of carbonyl (C=O) groups excluding carboxylic acids is 1. The van der Waals surface area contributed by atoms with Crippen LogP contribution >= 0.6 is 0 Å². The number of carbonyl (C=O) groups is 1. The van der Waals surface area contributed by atoms with Gasteiger partial charge in [0.1, 0.15) is 5.75 Å². The van der Waals surface area contributed by atoms with E-state index in [1.165, 1.54) is 0 Å². The van der Waals surface area contributed by atoms with E-state index in [0.717, 1.165) is 42.8 Å². The van der Waals surface area contributed by atoms with Crippen LogP contribution in [0, 0.1) is 12.8 Å². The quantitative estimate of drug-likeness (QED) is 0.867. The van der Waals surface area contributed by atoms with Gasteiger partial charge in [-0.25, -0.2) is 0 Å². The van der Waals surface area contributed by atoms with Crippen molar-refractivity contribution in [2.24, 2.45) is 5.92 Å². The second kappa shape index (κ2) is 6.57. The predicted octanol–water partition coefficient (Wildman–Crippen LogP) is 1.62. The average Bonchev–Trinajstić information content (AvgIpc) is 2.45. The average molecular weight is 262 g/mol. The van der Waals surface area contributed by atoms with Gasteiger partial charge < -0.3 is 15.4 Å². The fourth-order valence-electron chi connectivity index (χ4n) is 2.46. The van der Waals surface area contributed by atoms with Gasteiger partial charge in [0, 0.05) is 12.5 Å². The van der Waals surface area contributed by atoms with Crippen molar-refractivity contribution in [3.05, 3.63) is 29.3 Å². The van der Waals surface area contributed by atoms with Gasteiger partial charge in [-0.2, -0.15) is 0 Å². The van der Waals surface area contributed by atoms with Crippen LogP contribution in [-0.4, -0.2) is 26.1 Å². The van der Waals surface area contributed by atoms with E-state index in [9.17, 15) is 4.79 Å². The summed E-state index contributed by atoms with van der Waals surface area (Å²) in [6.07, 6.45) is 1.87. The van der Waals surface area contributed by atoms with Crippen LogP contribution in [0.3, 0.4) is 0 Å². The molecular formula is C15H22N2O2. The molecule has 0 spiro atoms. The van der Waals surface area contributed by atoms with Crippen LogP contribution in [0.4, 0.5) is 0 Å². The Balaban J connectivity index is 1.90. The Morgan fingerprint density at radius 2 is 2.11 bits per heavy atom. The van der Waals surface area contributed by atoms with Crippen molar-refractivity contribution >= 4 is 5.91 Å². The minimum Gasteiger partial charge on any atom is -0.497 e. The Hall–Kier alpha value is -1.55. The number of hydrogen-bond donors (Lipinski definition) is 2. The highest BCUT2D eigenvalue weighted by molar-refractivity contribution is 5.78. The van der Waals surface area contributed by atoms with Gasteiger partial charge in [-0.05, 0) is 56.1 Å². The zero-order chi connectivity index (χ0) is 13.7. The number of ether oxygens (including phenoxy) is 1. The molecule has 0 aromatic heterocycles. The molecule has 0 radical (unpaired) electrons. The summed E-state index contributed by atoms with van der Waals surface area (Å²) in [7, 11) is 1.66. The molecule has 0 bridgehead atoms. The molecule has 0 aliphatic carbocycles. The number of amides is 1. The summed E-state index contributed by atoms with van der Waals surface area (Å²) in [5, 5.41) is 6.29. The molecule has 2 rings (SSSR count). The lowest BCUT2D eigenvalue weighted by molar-refractivity contribution is -0.125. The van der Waals surface area contributed by atoms with Crippen molar-refractivity contribution in [1.82, 2.24) is 10.6 Å². The van der Waals surface area contributed by atoms with Gasteiger partial charge in [0.2, 0.25) is 5.91 Å². The van der Waals surface area contributed by atoms with Crippen LogP contribution in [-0.2, 0) is 11.3 Å². The molecule has 4 nitrogen and oxygen atoms in total. The second-order valence-corrected chi connectivity index (χ2v) is 5.10. The summed E-state index contributed by atoms with van der Waals surface area (Å²) < 4.78 is 5.24. The van der Waals surface area contributed by atoms with Crippen molar-refractivity contribution in [2.75, 3.05) is 20.2 Å². The molecule has 0 unspecified atom stereocenters. The monoisotopic (exact) mass is 262 g/mol. The third kappa shape index (κ3) is 3.96. The van der Waals surface area contributed by atoms with Gasteiger partial charge in [-0.15, -0.1) is 0 Å². The molecule has 1 aliphatic heterocycles. The fourth-order valence-corrected chi connectivity index (χ4v) is 2.46. The molecule has 104 valence electrons. The van der Waals surface area contributed by atoms with E-state index in [1.54, 1.807) is 7.11 Å². The van der Waals surface area contributed by atoms with E-state index >= 15 is 0 Å². The summed E-state index contributed by atoms with van der Waals surface area (Å²) in [6.45, 7) is 4.48. The van der Waals surface area contributed by atoms with Gasteiger partial charge in [0.15, 0.2) is 0 Å². The summed E-state index contributed by atoms with van der Waals surface area (Å²) in [6, 6.07) is 6.03. The van der Waals surface area contributed by atoms with Crippen LogP contribution in [0.1, 0.15) is 24.0 Å². The number of piperidine rings is 1. The Labute approximate surface area is 114 Å².